The van der Waals surface area contributed by atoms with Crippen molar-refractivity contribution in [3.63, 3.8) is 0 Å². The highest BCUT2D eigenvalue weighted by atomic mass is 127. The molecule has 0 radical (unpaired) electrons. The lowest BCUT2D eigenvalue weighted by atomic mass is 10.4. The predicted octanol–water partition coefficient (Wildman–Crippen LogP) is 2.14. The first kappa shape index (κ1) is 13.7. The molecule has 0 bridgehead atoms. The molecule has 0 heterocycles. The third-order valence-electron chi connectivity index (χ3n) is 2.93. The number of benzene rings is 2. The van der Waals surface area contributed by atoms with Crippen LogP contribution in [0.15, 0.2) is 54.6 Å². The van der Waals surface area contributed by atoms with E-state index < -0.39 is 8.56 Å². The van der Waals surface area contributed by atoms with Gasteiger partial charge < -0.3 is 8.85 Å². The molecule has 2 nitrogen and oxygen atoms in total. The fraction of sp³-hybridized carbons (Fsp3) is 0.143. The van der Waals surface area contributed by atoms with Crippen LogP contribution in [-0.2, 0) is 8.85 Å². The zero-order valence-electron chi connectivity index (χ0n) is 10.4. The van der Waals surface area contributed by atoms with Crippen molar-refractivity contribution in [2.45, 2.75) is 0 Å². The molecule has 0 aliphatic carbocycles. The molecule has 0 amide bonds. The Morgan fingerprint density at radius 2 is 1.44 bits per heavy atom. The van der Waals surface area contributed by atoms with E-state index in [0.717, 1.165) is 10.4 Å². The fourth-order valence-electron chi connectivity index (χ4n) is 2.07. The van der Waals surface area contributed by atoms with Gasteiger partial charge >= 0.3 is 8.56 Å². The second-order valence-electron chi connectivity index (χ2n) is 3.90. The number of hydrogen-bond donors (Lipinski definition) is 0. The Balaban J connectivity index is 2.57. The Bertz CT molecular complexity index is 512. The molecule has 0 saturated heterocycles. The maximum atomic E-state index is 5.83. The second-order valence-corrected chi connectivity index (χ2v) is 8.35. The van der Waals surface area contributed by atoms with Crippen LogP contribution in [0, 0.1) is 3.57 Å². The maximum Gasteiger partial charge on any atom is 0.406 e. The van der Waals surface area contributed by atoms with Gasteiger partial charge in [-0.3, -0.25) is 0 Å². The molecule has 2 rings (SSSR count). The average molecular weight is 370 g/mol. The van der Waals surface area contributed by atoms with Crippen molar-refractivity contribution in [1.29, 1.82) is 0 Å². The monoisotopic (exact) mass is 370 g/mol. The first-order valence-corrected chi connectivity index (χ1v) is 8.54. The topological polar surface area (TPSA) is 18.5 Å². The highest BCUT2D eigenvalue weighted by Crippen LogP contribution is 2.10. The van der Waals surface area contributed by atoms with E-state index in [1.165, 1.54) is 3.57 Å². The van der Waals surface area contributed by atoms with E-state index in [4.69, 9.17) is 8.85 Å². The maximum absolute atomic E-state index is 5.83. The van der Waals surface area contributed by atoms with Crippen LogP contribution in [0.2, 0.25) is 0 Å². The summed E-state index contributed by atoms with van der Waals surface area (Å²) in [7, 11) is 0.918. The summed E-state index contributed by atoms with van der Waals surface area (Å²) in [5, 5.41) is 2.25. The highest BCUT2D eigenvalue weighted by Gasteiger charge is 2.40. The average Bonchev–Trinajstić information content (AvgIpc) is 2.42. The van der Waals surface area contributed by atoms with Crippen LogP contribution < -0.4 is 10.4 Å². The van der Waals surface area contributed by atoms with Crippen molar-refractivity contribution in [1.82, 2.24) is 0 Å². The highest BCUT2D eigenvalue weighted by molar-refractivity contribution is 14.1. The van der Waals surface area contributed by atoms with E-state index in [1.54, 1.807) is 14.2 Å². The molecule has 0 saturated carbocycles. The summed E-state index contributed by atoms with van der Waals surface area (Å²) in [6.07, 6.45) is 0. The van der Waals surface area contributed by atoms with E-state index in [-0.39, 0.29) is 0 Å². The fourth-order valence-corrected chi connectivity index (χ4v) is 5.64. The number of hydrogen-bond acceptors (Lipinski definition) is 2. The molecule has 0 spiro atoms. The molecule has 94 valence electrons. The first-order valence-electron chi connectivity index (χ1n) is 5.65. The molecular formula is C14H15IO2Si. The Kier molecular flexibility index (Phi) is 4.55. The summed E-state index contributed by atoms with van der Waals surface area (Å²) in [5.74, 6) is 0. The van der Waals surface area contributed by atoms with Crippen molar-refractivity contribution in [3.8, 4) is 0 Å². The standard InChI is InChI=1S/C14H15IO2Si/c1-16-18(17-2,13-8-4-3-5-9-13)14-10-6-7-12(15)11-14/h3-11H,1-2H3. The van der Waals surface area contributed by atoms with Crippen molar-refractivity contribution in [3.05, 3.63) is 58.2 Å². The molecule has 2 aromatic rings. The quantitative estimate of drug-likeness (QED) is 0.607. The molecule has 2 aromatic carbocycles. The predicted molar refractivity (Wildman–Crippen MR) is 84.6 cm³/mol. The zero-order chi connectivity index (χ0) is 13.0. The van der Waals surface area contributed by atoms with E-state index >= 15 is 0 Å². The van der Waals surface area contributed by atoms with Crippen molar-refractivity contribution >= 4 is 41.5 Å². The lowest BCUT2D eigenvalue weighted by Crippen LogP contribution is -2.62. The minimum atomic E-state index is -2.53. The molecule has 0 atom stereocenters. The van der Waals surface area contributed by atoms with Crippen LogP contribution in [0.1, 0.15) is 0 Å². The van der Waals surface area contributed by atoms with E-state index in [2.05, 4.69) is 52.9 Å². The Hall–Kier alpha value is -0.693. The Morgan fingerprint density at radius 1 is 0.833 bits per heavy atom. The van der Waals surface area contributed by atoms with E-state index in [0.29, 0.717) is 0 Å². The van der Waals surface area contributed by atoms with Gasteiger partial charge in [0.2, 0.25) is 0 Å². The van der Waals surface area contributed by atoms with Crippen LogP contribution in [0.3, 0.4) is 0 Å². The third kappa shape index (κ3) is 2.51. The smallest absolute Gasteiger partial charge is 0.391 e. The molecule has 0 unspecified atom stereocenters. The SMILES string of the molecule is CO[Si](OC)(c1ccccc1)c1cccc(I)c1. The van der Waals surface area contributed by atoms with Gasteiger partial charge in [0, 0.05) is 17.8 Å². The Labute approximate surface area is 122 Å². The normalized spacial score (nSPS) is 11.5. The lowest BCUT2D eigenvalue weighted by Gasteiger charge is -2.28. The van der Waals surface area contributed by atoms with E-state index in [9.17, 15) is 0 Å². The van der Waals surface area contributed by atoms with Gasteiger partial charge in [-0.2, -0.15) is 0 Å². The molecule has 0 fully saturated rings. The number of rotatable bonds is 4. The van der Waals surface area contributed by atoms with Gasteiger partial charge in [-0.1, -0.05) is 42.5 Å². The summed E-state index contributed by atoms with van der Waals surface area (Å²) in [6.45, 7) is 0. The van der Waals surface area contributed by atoms with E-state index in [1.807, 2.05) is 24.3 Å². The summed E-state index contributed by atoms with van der Waals surface area (Å²) in [5.41, 5.74) is 0. The molecule has 0 aliphatic rings. The Morgan fingerprint density at radius 3 is 2.00 bits per heavy atom. The van der Waals surface area contributed by atoms with Gasteiger partial charge in [-0.15, -0.1) is 0 Å². The second kappa shape index (κ2) is 5.97. The lowest BCUT2D eigenvalue weighted by molar-refractivity contribution is 0.272. The van der Waals surface area contributed by atoms with Crippen LogP contribution in [-0.4, -0.2) is 22.8 Å². The summed E-state index contributed by atoms with van der Waals surface area (Å²) >= 11 is 2.31. The van der Waals surface area contributed by atoms with Crippen LogP contribution in [0.4, 0.5) is 0 Å². The summed E-state index contributed by atoms with van der Waals surface area (Å²) in [6, 6.07) is 18.5. The van der Waals surface area contributed by atoms with Gasteiger partial charge in [0.15, 0.2) is 0 Å². The van der Waals surface area contributed by atoms with Gasteiger partial charge in [0.05, 0.1) is 0 Å². The molecule has 0 N–H and O–H groups in total. The minimum absolute atomic E-state index is 1.12. The molecule has 0 aliphatic heterocycles. The van der Waals surface area contributed by atoms with Crippen LogP contribution >= 0.6 is 22.6 Å². The van der Waals surface area contributed by atoms with Crippen molar-refractivity contribution in [2.75, 3.05) is 14.2 Å². The van der Waals surface area contributed by atoms with Crippen molar-refractivity contribution in [2.24, 2.45) is 0 Å². The minimum Gasteiger partial charge on any atom is -0.391 e. The molecular weight excluding hydrogens is 355 g/mol. The first-order chi connectivity index (χ1) is 8.73. The van der Waals surface area contributed by atoms with Crippen LogP contribution in [0.25, 0.3) is 0 Å². The summed E-state index contributed by atoms with van der Waals surface area (Å²) < 4.78 is 12.8. The summed E-state index contributed by atoms with van der Waals surface area (Å²) in [4.78, 5) is 0. The van der Waals surface area contributed by atoms with Crippen molar-refractivity contribution < 1.29 is 8.85 Å². The van der Waals surface area contributed by atoms with Crippen LogP contribution in [0.5, 0.6) is 0 Å². The van der Waals surface area contributed by atoms with Gasteiger partial charge in [0.1, 0.15) is 0 Å². The zero-order valence-corrected chi connectivity index (χ0v) is 13.5. The third-order valence-corrected chi connectivity index (χ3v) is 6.92. The number of halogens is 1. The molecule has 0 aromatic heterocycles. The van der Waals surface area contributed by atoms with Gasteiger partial charge in [0.25, 0.3) is 0 Å². The molecule has 18 heavy (non-hydrogen) atoms. The largest absolute Gasteiger partial charge is 0.406 e. The molecule has 4 heteroatoms. The van der Waals surface area contributed by atoms with Gasteiger partial charge in [-0.05, 0) is 45.1 Å². The van der Waals surface area contributed by atoms with Gasteiger partial charge in [-0.25, -0.2) is 0 Å².